The highest BCUT2D eigenvalue weighted by molar-refractivity contribution is 5.87. The molecule has 2 saturated carbocycles. The molecule has 0 aliphatic heterocycles. The molecule has 1 atom stereocenters. The molecule has 0 aromatic rings. The molecule has 0 radical (unpaired) electrons. The van der Waals surface area contributed by atoms with Crippen molar-refractivity contribution < 1.29 is 19.5 Å². The van der Waals surface area contributed by atoms with Gasteiger partial charge >= 0.3 is 5.97 Å². The summed E-state index contributed by atoms with van der Waals surface area (Å²) in [5.74, 6) is -0.786. The van der Waals surface area contributed by atoms with E-state index in [4.69, 9.17) is 0 Å². The van der Waals surface area contributed by atoms with E-state index >= 15 is 0 Å². The molecule has 0 spiro atoms. The largest absolute Gasteiger partial charge is 0.481 e. The van der Waals surface area contributed by atoms with E-state index in [2.05, 4.69) is 10.6 Å². The highest BCUT2D eigenvalue weighted by Crippen LogP contribution is 2.36. The molecule has 1 unspecified atom stereocenters. The summed E-state index contributed by atoms with van der Waals surface area (Å²) in [5.41, 5.74) is -0.847. The van der Waals surface area contributed by atoms with Crippen LogP contribution in [0.1, 0.15) is 77.6 Å². The van der Waals surface area contributed by atoms with Crippen molar-refractivity contribution in [2.45, 2.75) is 83.6 Å². The van der Waals surface area contributed by atoms with E-state index in [9.17, 15) is 19.5 Å². The third kappa shape index (κ3) is 5.72. The van der Waals surface area contributed by atoms with Crippen LogP contribution in [0.25, 0.3) is 0 Å². The van der Waals surface area contributed by atoms with E-state index in [1.807, 2.05) is 0 Å². The number of amides is 2. The van der Waals surface area contributed by atoms with E-state index < -0.39 is 17.4 Å². The molecule has 2 fully saturated rings. The van der Waals surface area contributed by atoms with Gasteiger partial charge in [-0.05, 0) is 38.5 Å². The van der Waals surface area contributed by atoms with Crippen molar-refractivity contribution in [1.29, 1.82) is 0 Å². The number of aliphatic carboxylic acids is 1. The first-order valence-electron chi connectivity index (χ1n) is 9.73. The maximum atomic E-state index is 12.3. The minimum Gasteiger partial charge on any atom is -0.481 e. The highest BCUT2D eigenvalue weighted by atomic mass is 16.4. The Morgan fingerprint density at radius 2 is 1.64 bits per heavy atom. The third-order valence-electron chi connectivity index (χ3n) is 5.83. The zero-order valence-corrected chi connectivity index (χ0v) is 15.3. The number of hydrogen-bond acceptors (Lipinski definition) is 3. The lowest BCUT2D eigenvalue weighted by molar-refractivity contribution is -0.151. The number of nitrogens with one attached hydrogen (secondary N) is 2. The van der Waals surface area contributed by atoms with Crippen molar-refractivity contribution >= 4 is 17.8 Å². The lowest BCUT2D eigenvalue weighted by Gasteiger charge is -2.33. The van der Waals surface area contributed by atoms with Crippen molar-refractivity contribution in [3.05, 3.63) is 0 Å². The Morgan fingerprint density at radius 1 is 1.04 bits per heavy atom. The average Bonchev–Trinajstić information content (AvgIpc) is 2.61. The van der Waals surface area contributed by atoms with Crippen molar-refractivity contribution in [3.8, 4) is 0 Å². The maximum Gasteiger partial charge on any atom is 0.311 e. The molecule has 0 aromatic carbocycles. The summed E-state index contributed by atoms with van der Waals surface area (Å²) < 4.78 is 0. The Balaban J connectivity index is 1.76. The Bertz CT molecular complexity index is 480. The van der Waals surface area contributed by atoms with E-state index in [1.165, 1.54) is 19.3 Å². The second-order valence-corrected chi connectivity index (χ2v) is 7.86. The van der Waals surface area contributed by atoms with E-state index in [0.717, 1.165) is 32.1 Å². The molecule has 0 aromatic heterocycles. The summed E-state index contributed by atoms with van der Waals surface area (Å²) in [6.07, 6.45) is 10.3. The molecule has 142 valence electrons. The molecule has 6 heteroatoms. The molecule has 0 bridgehead atoms. The van der Waals surface area contributed by atoms with E-state index in [-0.39, 0.29) is 18.4 Å². The maximum absolute atomic E-state index is 12.3. The van der Waals surface area contributed by atoms with Gasteiger partial charge in [0.1, 0.15) is 6.04 Å². The van der Waals surface area contributed by atoms with Crippen molar-refractivity contribution in [2.24, 2.45) is 11.3 Å². The first kappa shape index (κ1) is 19.7. The van der Waals surface area contributed by atoms with Gasteiger partial charge in [0.2, 0.25) is 11.8 Å². The summed E-state index contributed by atoms with van der Waals surface area (Å²) >= 11 is 0. The summed E-state index contributed by atoms with van der Waals surface area (Å²) in [6.45, 7) is 1.80. The number of carbonyl (C=O) groups is 3. The predicted molar refractivity (Wildman–Crippen MR) is 95.0 cm³/mol. The standard InChI is InChI=1S/C19H32N2O4/c1-14(21-16(22)12-15-8-4-2-5-9-15)17(23)20-13-19(18(24)25)10-6-3-7-11-19/h14-15H,2-13H2,1H3,(H,20,23)(H,21,22)(H,24,25). The van der Waals surface area contributed by atoms with Gasteiger partial charge in [-0.1, -0.05) is 38.5 Å². The predicted octanol–water partition coefficient (Wildman–Crippen LogP) is 2.61. The quantitative estimate of drug-likeness (QED) is 0.656. The topological polar surface area (TPSA) is 95.5 Å². The van der Waals surface area contributed by atoms with Crippen LogP contribution >= 0.6 is 0 Å². The van der Waals surface area contributed by atoms with Gasteiger partial charge in [-0.2, -0.15) is 0 Å². The number of carbonyl (C=O) groups excluding carboxylic acids is 2. The summed E-state index contributed by atoms with van der Waals surface area (Å²) in [7, 11) is 0. The van der Waals surface area contributed by atoms with Crippen molar-refractivity contribution in [3.63, 3.8) is 0 Å². The molecule has 0 heterocycles. The number of rotatable bonds is 7. The smallest absolute Gasteiger partial charge is 0.311 e. The number of hydrogen-bond donors (Lipinski definition) is 3. The lowest BCUT2D eigenvalue weighted by atomic mass is 9.74. The molecule has 2 rings (SSSR count). The van der Waals surface area contributed by atoms with Gasteiger partial charge in [0.25, 0.3) is 0 Å². The van der Waals surface area contributed by atoms with Gasteiger partial charge in [0.05, 0.1) is 5.41 Å². The first-order chi connectivity index (χ1) is 11.9. The van der Waals surface area contributed by atoms with Gasteiger partial charge in [0, 0.05) is 13.0 Å². The second-order valence-electron chi connectivity index (χ2n) is 7.86. The minimum atomic E-state index is -0.847. The monoisotopic (exact) mass is 352 g/mol. The summed E-state index contributed by atoms with van der Waals surface area (Å²) in [6, 6.07) is -0.634. The molecular weight excluding hydrogens is 320 g/mol. The minimum absolute atomic E-state index is 0.0832. The van der Waals surface area contributed by atoms with E-state index in [0.29, 0.717) is 25.2 Å². The van der Waals surface area contributed by atoms with Crippen LogP contribution in [-0.2, 0) is 14.4 Å². The van der Waals surface area contributed by atoms with Crippen LogP contribution in [0, 0.1) is 11.3 Å². The highest BCUT2D eigenvalue weighted by Gasteiger charge is 2.40. The number of carboxylic acids is 1. The molecule has 2 aliphatic carbocycles. The van der Waals surface area contributed by atoms with E-state index in [1.54, 1.807) is 6.92 Å². The van der Waals surface area contributed by atoms with Crippen LogP contribution in [0.2, 0.25) is 0 Å². The van der Waals surface area contributed by atoms with Crippen molar-refractivity contribution in [2.75, 3.05) is 6.54 Å². The average molecular weight is 352 g/mol. The second kappa shape index (κ2) is 9.20. The number of carboxylic acid groups (broad SMARTS) is 1. The fourth-order valence-electron chi connectivity index (χ4n) is 4.12. The third-order valence-corrected chi connectivity index (χ3v) is 5.83. The Hall–Kier alpha value is -1.59. The molecule has 2 aliphatic rings. The molecule has 2 amide bonds. The summed E-state index contributed by atoms with van der Waals surface area (Å²) in [5, 5.41) is 15.1. The van der Waals surface area contributed by atoms with Gasteiger partial charge < -0.3 is 15.7 Å². The Labute approximate surface area is 150 Å². The van der Waals surface area contributed by atoms with Gasteiger partial charge in [-0.3, -0.25) is 14.4 Å². The van der Waals surface area contributed by atoms with Gasteiger partial charge in [0.15, 0.2) is 0 Å². The zero-order chi connectivity index (χ0) is 18.3. The molecular formula is C19H32N2O4. The van der Waals surface area contributed by atoms with Crippen molar-refractivity contribution in [1.82, 2.24) is 10.6 Å². The SMILES string of the molecule is CC(NC(=O)CC1CCCCC1)C(=O)NCC1(C(=O)O)CCCCC1. The van der Waals surface area contributed by atoms with Crippen LogP contribution in [-0.4, -0.2) is 35.5 Å². The van der Waals surface area contributed by atoms with Crippen LogP contribution in [0.3, 0.4) is 0 Å². The molecule has 6 nitrogen and oxygen atoms in total. The molecule has 25 heavy (non-hydrogen) atoms. The normalized spacial score (nSPS) is 22.0. The van der Waals surface area contributed by atoms with Gasteiger partial charge in [-0.15, -0.1) is 0 Å². The summed E-state index contributed by atoms with van der Waals surface area (Å²) in [4.78, 5) is 36.0. The van der Waals surface area contributed by atoms with Crippen LogP contribution in [0.4, 0.5) is 0 Å². The molecule has 0 saturated heterocycles. The Morgan fingerprint density at radius 3 is 2.24 bits per heavy atom. The zero-order valence-electron chi connectivity index (χ0n) is 15.3. The van der Waals surface area contributed by atoms with Crippen LogP contribution in [0.15, 0.2) is 0 Å². The molecule has 3 N–H and O–H groups in total. The Kier molecular flexibility index (Phi) is 7.26. The lowest BCUT2D eigenvalue weighted by Crippen LogP contribution is -2.50. The first-order valence-corrected chi connectivity index (χ1v) is 9.73. The fraction of sp³-hybridized carbons (Fsp3) is 0.842. The van der Waals surface area contributed by atoms with Gasteiger partial charge in [-0.25, -0.2) is 0 Å². The fourth-order valence-corrected chi connectivity index (χ4v) is 4.12. The van der Waals surface area contributed by atoms with Crippen LogP contribution < -0.4 is 10.6 Å². The van der Waals surface area contributed by atoms with Crippen LogP contribution in [0.5, 0.6) is 0 Å².